The van der Waals surface area contributed by atoms with Crippen molar-refractivity contribution in [3.05, 3.63) is 23.9 Å². The molecule has 1 saturated heterocycles. The van der Waals surface area contributed by atoms with Crippen LogP contribution in [0.4, 0.5) is 5.82 Å². The smallest absolute Gasteiger partial charge is 0.325 e. The van der Waals surface area contributed by atoms with Crippen molar-refractivity contribution >= 4 is 11.8 Å². The number of aromatic nitrogens is 1. The van der Waals surface area contributed by atoms with E-state index in [4.69, 9.17) is 16.1 Å². The van der Waals surface area contributed by atoms with Gasteiger partial charge in [-0.25, -0.2) is 4.98 Å². The van der Waals surface area contributed by atoms with Crippen LogP contribution in [0.1, 0.15) is 12.0 Å². The van der Waals surface area contributed by atoms with Crippen LogP contribution in [0, 0.1) is 11.3 Å². The molecule has 0 saturated carbocycles. The Kier molecular flexibility index (Phi) is 2.69. The fourth-order valence-electron chi connectivity index (χ4n) is 1.92. The van der Waals surface area contributed by atoms with Crippen LogP contribution in [0.3, 0.4) is 0 Å². The second kappa shape index (κ2) is 4.03. The molecule has 2 rings (SSSR count). The number of pyridine rings is 1. The first-order chi connectivity index (χ1) is 8.07. The molecular weight excluding hydrogens is 220 g/mol. The van der Waals surface area contributed by atoms with E-state index >= 15 is 0 Å². The molecule has 1 aliphatic heterocycles. The second-order valence-electron chi connectivity index (χ2n) is 4.12. The summed E-state index contributed by atoms with van der Waals surface area (Å²) >= 11 is 0. The lowest BCUT2D eigenvalue weighted by Crippen LogP contribution is -2.50. The van der Waals surface area contributed by atoms with Crippen molar-refractivity contribution in [2.45, 2.75) is 12.0 Å². The molecular formula is C11H12N4O2. The van der Waals surface area contributed by atoms with Gasteiger partial charge in [-0.3, -0.25) is 4.79 Å². The molecule has 0 aromatic carbocycles. The lowest BCUT2D eigenvalue weighted by atomic mass is 10.0. The number of nitriles is 1. The lowest BCUT2D eigenvalue weighted by Gasteiger charge is -2.21. The van der Waals surface area contributed by atoms with Crippen LogP contribution in [0.2, 0.25) is 0 Å². The highest BCUT2D eigenvalue weighted by Gasteiger charge is 2.42. The van der Waals surface area contributed by atoms with Crippen molar-refractivity contribution in [3.63, 3.8) is 0 Å². The van der Waals surface area contributed by atoms with Crippen LogP contribution >= 0.6 is 0 Å². The van der Waals surface area contributed by atoms with Gasteiger partial charge in [0.2, 0.25) is 0 Å². The maximum Gasteiger partial charge on any atom is 0.325 e. The van der Waals surface area contributed by atoms with Crippen molar-refractivity contribution in [1.82, 2.24) is 4.98 Å². The van der Waals surface area contributed by atoms with Crippen LogP contribution in [-0.4, -0.2) is 34.7 Å². The minimum atomic E-state index is -1.25. The molecule has 1 fully saturated rings. The van der Waals surface area contributed by atoms with E-state index in [9.17, 15) is 4.79 Å². The van der Waals surface area contributed by atoms with E-state index in [1.165, 1.54) is 0 Å². The number of carboxylic acid groups (broad SMARTS) is 1. The summed E-state index contributed by atoms with van der Waals surface area (Å²) < 4.78 is 0. The van der Waals surface area contributed by atoms with Gasteiger partial charge in [0, 0.05) is 19.3 Å². The maximum atomic E-state index is 11.0. The molecule has 0 bridgehead atoms. The summed E-state index contributed by atoms with van der Waals surface area (Å²) in [5.41, 5.74) is 4.96. The SMILES string of the molecule is N#Cc1cccnc1N1CCC(N)(C(=O)O)C1. The summed E-state index contributed by atoms with van der Waals surface area (Å²) in [6.45, 7) is 0.669. The minimum absolute atomic E-state index is 0.175. The number of carboxylic acids is 1. The van der Waals surface area contributed by atoms with E-state index in [-0.39, 0.29) is 6.54 Å². The Morgan fingerprint density at radius 3 is 3.06 bits per heavy atom. The number of aliphatic carboxylic acids is 1. The molecule has 3 N–H and O–H groups in total. The standard InChI is InChI=1S/C11H12N4O2/c12-6-8-2-1-4-14-9(8)15-5-3-11(13,7-15)10(16)17/h1-2,4H,3,5,7,13H2,(H,16,17). The summed E-state index contributed by atoms with van der Waals surface area (Å²) in [4.78, 5) is 16.9. The van der Waals surface area contributed by atoms with Crippen LogP contribution in [0.5, 0.6) is 0 Å². The zero-order valence-corrected chi connectivity index (χ0v) is 9.13. The summed E-state index contributed by atoms with van der Waals surface area (Å²) in [5.74, 6) is -0.516. The summed E-state index contributed by atoms with van der Waals surface area (Å²) in [7, 11) is 0. The highest BCUT2D eigenvalue weighted by atomic mass is 16.4. The molecule has 0 amide bonds. The zero-order chi connectivity index (χ0) is 12.5. The van der Waals surface area contributed by atoms with Gasteiger partial charge in [-0.1, -0.05) is 0 Å². The number of hydrogen-bond donors (Lipinski definition) is 2. The molecule has 6 heteroatoms. The molecule has 1 atom stereocenters. The Labute approximate surface area is 98.3 Å². The highest BCUT2D eigenvalue weighted by Crippen LogP contribution is 2.26. The summed E-state index contributed by atoms with van der Waals surface area (Å²) in [6.07, 6.45) is 1.93. The Hall–Kier alpha value is -2.13. The van der Waals surface area contributed by atoms with Gasteiger partial charge in [0.1, 0.15) is 17.4 Å². The van der Waals surface area contributed by atoms with Gasteiger partial charge in [0.05, 0.1) is 5.56 Å². The molecule has 0 radical (unpaired) electrons. The van der Waals surface area contributed by atoms with Gasteiger partial charge < -0.3 is 15.7 Å². The average molecular weight is 232 g/mol. The van der Waals surface area contributed by atoms with E-state index < -0.39 is 11.5 Å². The first-order valence-corrected chi connectivity index (χ1v) is 5.19. The van der Waals surface area contributed by atoms with Crippen LogP contribution in [0.15, 0.2) is 18.3 Å². The molecule has 88 valence electrons. The average Bonchev–Trinajstić information content (AvgIpc) is 2.73. The number of anilines is 1. The molecule has 1 aromatic rings. The van der Waals surface area contributed by atoms with Gasteiger partial charge in [-0.2, -0.15) is 5.26 Å². The first kappa shape index (κ1) is 11.4. The molecule has 0 aliphatic carbocycles. The van der Waals surface area contributed by atoms with Crippen LogP contribution in [0.25, 0.3) is 0 Å². The Morgan fingerprint density at radius 1 is 1.71 bits per heavy atom. The number of nitrogens with zero attached hydrogens (tertiary/aromatic N) is 3. The first-order valence-electron chi connectivity index (χ1n) is 5.19. The molecule has 2 heterocycles. The van der Waals surface area contributed by atoms with Gasteiger partial charge in [0.25, 0.3) is 0 Å². The lowest BCUT2D eigenvalue weighted by molar-refractivity contribution is -0.142. The van der Waals surface area contributed by atoms with E-state index in [1.807, 2.05) is 6.07 Å². The fraction of sp³-hybridized carbons (Fsp3) is 0.364. The number of rotatable bonds is 2. The predicted octanol–water partition coefficient (Wildman–Crippen LogP) is -0.0545. The molecule has 6 nitrogen and oxygen atoms in total. The third kappa shape index (κ3) is 1.92. The normalized spacial score (nSPS) is 23.4. The van der Waals surface area contributed by atoms with Gasteiger partial charge >= 0.3 is 5.97 Å². The third-order valence-corrected chi connectivity index (χ3v) is 2.93. The Balaban J connectivity index is 2.27. The molecule has 1 aromatic heterocycles. The molecule has 0 spiro atoms. The van der Waals surface area contributed by atoms with E-state index in [0.717, 1.165) is 0 Å². The third-order valence-electron chi connectivity index (χ3n) is 2.93. The van der Waals surface area contributed by atoms with Crippen molar-refractivity contribution in [2.75, 3.05) is 18.0 Å². The zero-order valence-electron chi connectivity index (χ0n) is 9.13. The van der Waals surface area contributed by atoms with Gasteiger partial charge in [0.15, 0.2) is 0 Å². The van der Waals surface area contributed by atoms with Crippen molar-refractivity contribution in [2.24, 2.45) is 5.73 Å². The number of carbonyl (C=O) groups is 1. The summed E-state index contributed by atoms with van der Waals surface area (Å²) in [6, 6.07) is 5.36. The van der Waals surface area contributed by atoms with Crippen molar-refractivity contribution in [3.8, 4) is 6.07 Å². The monoisotopic (exact) mass is 232 g/mol. The van der Waals surface area contributed by atoms with Crippen molar-refractivity contribution < 1.29 is 9.90 Å². The predicted molar refractivity (Wildman–Crippen MR) is 60.3 cm³/mol. The van der Waals surface area contributed by atoms with Crippen LogP contribution in [-0.2, 0) is 4.79 Å². The highest BCUT2D eigenvalue weighted by molar-refractivity contribution is 5.80. The number of hydrogen-bond acceptors (Lipinski definition) is 5. The van der Waals surface area contributed by atoms with Gasteiger partial charge in [-0.05, 0) is 18.6 Å². The van der Waals surface area contributed by atoms with Gasteiger partial charge in [-0.15, -0.1) is 0 Å². The van der Waals surface area contributed by atoms with Crippen molar-refractivity contribution in [1.29, 1.82) is 5.26 Å². The Bertz CT molecular complexity index is 496. The van der Waals surface area contributed by atoms with E-state index in [1.54, 1.807) is 23.2 Å². The minimum Gasteiger partial charge on any atom is -0.480 e. The number of nitrogens with two attached hydrogens (primary N) is 1. The second-order valence-corrected chi connectivity index (χ2v) is 4.12. The topological polar surface area (TPSA) is 103 Å². The quantitative estimate of drug-likeness (QED) is 0.740. The molecule has 1 unspecified atom stereocenters. The van der Waals surface area contributed by atoms with E-state index in [2.05, 4.69) is 4.98 Å². The van der Waals surface area contributed by atoms with E-state index in [0.29, 0.717) is 24.3 Å². The van der Waals surface area contributed by atoms with Crippen LogP contribution < -0.4 is 10.6 Å². The molecule has 1 aliphatic rings. The maximum absolute atomic E-state index is 11.0. The fourth-order valence-corrected chi connectivity index (χ4v) is 1.92. The summed E-state index contributed by atoms with van der Waals surface area (Å²) in [5, 5.41) is 18.0. The largest absolute Gasteiger partial charge is 0.480 e. The molecule has 17 heavy (non-hydrogen) atoms. The Morgan fingerprint density at radius 2 is 2.47 bits per heavy atom.